The Morgan fingerprint density at radius 1 is 1.34 bits per heavy atom. The standard InChI is InChI=1S/C17H13Cl2N7O2S/c18-11-2-1-10(12(19)7-11)8-26-5-6-29-17(26)22-13(27)3-4-14-23-16(25-28-14)15-20-9-21-24-15/h1-2,5-7,9H,3-4,8H2,(H,20,21,24). The number of aryl methyl sites for hydroxylation is 1. The second-order valence-electron chi connectivity index (χ2n) is 5.90. The molecule has 1 amide bonds. The van der Waals surface area contributed by atoms with Crippen molar-refractivity contribution in [3.05, 3.63) is 62.4 Å². The molecule has 1 aromatic carbocycles. The lowest BCUT2D eigenvalue weighted by Gasteiger charge is -2.06. The molecule has 148 valence electrons. The minimum atomic E-state index is -0.289. The number of rotatable bonds is 6. The Kier molecular flexibility index (Phi) is 5.84. The van der Waals surface area contributed by atoms with Gasteiger partial charge in [-0.1, -0.05) is 34.4 Å². The van der Waals surface area contributed by atoms with Crippen LogP contribution in [0.5, 0.6) is 0 Å². The normalized spacial score (nSPS) is 11.9. The molecule has 4 aromatic rings. The fourth-order valence-corrected chi connectivity index (χ4v) is 3.70. The Balaban J connectivity index is 1.42. The number of hydrogen-bond donors (Lipinski definition) is 1. The fraction of sp³-hybridized carbons (Fsp3) is 0.176. The van der Waals surface area contributed by atoms with E-state index in [4.69, 9.17) is 27.7 Å². The van der Waals surface area contributed by atoms with Crippen molar-refractivity contribution >= 4 is 40.4 Å². The summed E-state index contributed by atoms with van der Waals surface area (Å²) >= 11 is 13.5. The lowest BCUT2D eigenvalue weighted by molar-refractivity contribution is -0.118. The Bertz CT molecular complexity index is 1200. The smallest absolute Gasteiger partial charge is 0.248 e. The lowest BCUT2D eigenvalue weighted by Crippen LogP contribution is -2.17. The number of halogens is 2. The van der Waals surface area contributed by atoms with E-state index in [1.807, 2.05) is 22.2 Å². The highest BCUT2D eigenvalue weighted by Gasteiger charge is 2.12. The zero-order valence-corrected chi connectivity index (χ0v) is 17.1. The predicted octanol–water partition coefficient (Wildman–Crippen LogP) is 3.13. The number of benzene rings is 1. The summed E-state index contributed by atoms with van der Waals surface area (Å²) in [5.41, 5.74) is 0.883. The molecule has 9 nitrogen and oxygen atoms in total. The Morgan fingerprint density at radius 3 is 3.03 bits per heavy atom. The van der Waals surface area contributed by atoms with Crippen LogP contribution in [0.25, 0.3) is 11.6 Å². The van der Waals surface area contributed by atoms with Crippen molar-refractivity contribution in [1.29, 1.82) is 0 Å². The van der Waals surface area contributed by atoms with Gasteiger partial charge in [0.1, 0.15) is 6.33 Å². The molecule has 4 rings (SSSR count). The van der Waals surface area contributed by atoms with Crippen molar-refractivity contribution in [2.75, 3.05) is 0 Å². The highest BCUT2D eigenvalue weighted by Crippen LogP contribution is 2.21. The summed E-state index contributed by atoms with van der Waals surface area (Å²) in [4.78, 5) is 25.2. The molecule has 0 saturated carbocycles. The highest BCUT2D eigenvalue weighted by atomic mass is 35.5. The van der Waals surface area contributed by atoms with Crippen molar-refractivity contribution in [3.63, 3.8) is 0 Å². The molecule has 3 aromatic heterocycles. The molecule has 0 radical (unpaired) electrons. The minimum Gasteiger partial charge on any atom is -0.339 e. The third kappa shape index (κ3) is 4.78. The lowest BCUT2D eigenvalue weighted by atomic mass is 10.2. The number of carbonyl (C=O) groups excluding carboxylic acids is 1. The number of aromatic amines is 1. The van der Waals surface area contributed by atoms with E-state index in [1.54, 1.807) is 12.1 Å². The maximum Gasteiger partial charge on any atom is 0.248 e. The van der Waals surface area contributed by atoms with E-state index in [1.165, 1.54) is 17.7 Å². The first kappa shape index (κ1) is 19.5. The van der Waals surface area contributed by atoms with Gasteiger partial charge >= 0.3 is 0 Å². The van der Waals surface area contributed by atoms with E-state index in [0.29, 0.717) is 33.1 Å². The van der Waals surface area contributed by atoms with Gasteiger partial charge in [-0.3, -0.25) is 9.89 Å². The van der Waals surface area contributed by atoms with Gasteiger partial charge in [-0.05, 0) is 17.7 Å². The second-order valence-corrected chi connectivity index (χ2v) is 7.62. The van der Waals surface area contributed by atoms with E-state index in [-0.39, 0.29) is 24.6 Å². The van der Waals surface area contributed by atoms with Crippen LogP contribution in [0.15, 0.2) is 45.6 Å². The number of carbonyl (C=O) groups is 1. The summed E-state index contributed by atoms with van der Waals surface area (Å²) in [6.07, 6.45) is 3.61. The van der Waals surface area contributed by atoms with Gasteiger partial charge in [0.2, 0.25) is 17.6 Å². The molecule has 0 aliphatic heterocycles. The zero-order chi connectivity index (χ0) is 20.2. The van der Waals surface area contributed by atoms with Gasteiger partial charge in [0.25, 0.3) is 0 Å². The van der Waals surface area contributed by atoms with Gasteiger partial charge in [0, 0.05) is 34.5 Å². The monoisotopic (exact) mass is 449 g/mol. The van der Waals surface area contributed by atoms with Crippen molar-refractivity contribution in [2.45, 2.75) is 19.4 Å². The highest BCUT2D eigenvalue weighted by molar-refractivity contribution is 7.07. The second kappa shape index (κ2) is 8.68. The van der Waals surface area contributed by atoms with Crippen LogP contribution in [0.4, 0.5) is 0 Å². The minimum absolute atomic E-state index is 0.137. The van der Waals surface area contributed by atoms with Gasteiger partial charge in [0.05, 0.1) is 6.54 Å². The molecular weight excluding hydrogens is 437 g/mol. The predicted molar refractivity (Wildman–Crippen MR) is 106 cm³/mol. The van der Waals surface area contributed by atoms with Gasteiger partial charge in [-0.2, -0.15) is 15.1 Å². The average molecular weight is 450 g/mol. The molecule has 0 aliphatic rings. The van der Waals surface area contributed by atoms with Crippen LogP contribution in [-0.2, 0) is 17.8 Å². The Hall–Kier alpha value is -2.82. The van der Waals surface area contributed by atoms with Gasteiger partial charge in [-0.25, -0.2) is 4.98 Å². The van der Waals surface area contributed by atoms with E-state index in [2.05, 4.69) is 30.3 Å². The molecule has 12 heteroatoms. The van der Waals surface area contributed by atoms with Gasteiger partial charge in [0.15, 0.2) is 10.6 Å². The van der Waals surface area contributed by atoms with E-state index in [0.717, 1.165) is 5.56 Å². The van der Waals surface area contributed by atoms with Crippen molar-refractivity contribution in [2.24, 2.45) is 4.99 Å². The number of nitrogens with zero attached hydrogens (tertiary/aromatic N) is 6. The van der Waals surface area contributed by atoms with Crippen molar-refractivity contribution in [3.8, 4) is 11.6 Å². The molecule has 0 fully saturated rings. The summed E-state index contributed by atoms with van der Waals surface area (Å²) in [6, 6.07) is 5.31. The molecule has 0 bridgehead atoms. The molecular formula is C17H13Cl2N7O2S. The number of hydrogen-bond acceptors (Lipinski definition) is 7. The zero-order valence-electron chi connectivity index (χ0n) is 14.7. The Labute approximate surface area is 178 Å². The fourth-order valence-electron chi connectivity index (χ4n) is 2.48. The molecule has 0 atom stereocenters. The van der Waals surface area contributed by atoms with E-state index in [9.17, 15) is 4.79 Å². The number of H-pyrrole nitrogens is 1. The van der Waals surface area contributed by atoms with Crippen LogP contribution in [0.3, 0.4) is 0 Å². The average Bonchev–Trinajstić information content (AvgIpc) is 3.44. The summed E-state index contributed by atoms with van der Waals surface area (Å²) < 4.78 is 6.98. The van der Waals surface area contributed by atoms with Crippen LogP contribution in [0.1, 0.15) is 17.9 Å². The molecule has 0 unspecified atom stereocenters. The third-order valence-corrected chi connectivity index (χ3v) is 5.27. The van der Waals surface area contributed by atoms with Crippen LogP contribution >= 0.6 is 34.5 Å². The molecule has 1 N–H and O–H groups in total. The summed E-state index contributed by atoms with van der Waals surface area (Å²) in [5, 5.41) is 13.2. The largest absolute Gasteiger partial charge is 0.339 e. The molecule has 0 saturated heterocycles. The molecule has 0 spiro atoms. The van der Waals surface area contributed by atoms with Crippen molar-refractivity contribution < 1.29 is 9.32 Å². The van der Waals surface area contributed by atoms with Crippen LogP contribution < -0.4 is 4.80 Å². The van der Waals surface area contributed by atoms with E-state index < -0.39 is 0 Å². The molecule has 3 heterocycles. The first-order chi connectivity index (χ1) is 14.1. The maximum absolute atomic E-state index is 12.3. The third-order valence-electron chi connectivity index (χ3n) is 3.88. The van der Waals surface area contributed by atoms with Gasteiger partial charge < -0.3 is 9.09 Å². The topological polar surface area (TPSA) is 115 Å². The number of aromatic nitrogens is 6. The molecule has 29 heavy (non-hydrogen) atoms. The Morgan fingerprint density at radius 2 is 2.24 bits per heavy atom. The maximum atomic E-state index is 12.3. The first-order valence-electron chi connectivity index (χ1n) is 8.42. The SMILES string of the molecule is O=C(CCc1nc(-c2ncn[nH]2)no1)N=c1sccn1Cc1ccc(Cl)cc1Cl. The van der Waals surface area contributed by atoms with Gasteiger partial charge in [-0.15, -0.1) is 11.3 Å². The van der Waals surface area contributed by atoms with Crippen LogP contribution in [-0.4, -0.2) is 35.8 Å². The number of nitrogens with one attached hydrogen (secondary N) is 1. The number of thiazole rings is 1. The van der Waals surface area contributed by atoms with Crippen LogP contribution in [0.2, 0.25) is 10.0 Å². The quantitative estimate of drug-likeness (QED) is 0.483. The summed E-state index contributed by atoms with van der Waals surface area (Å²) in [6.45, 7) is 0.482. The van der Waals surface area contributed by atoms with Crippen LogP contribution in [0, 0.1) is 0 Å². The first-order valence-corrected chi connectivity index (χ1v) is 10.1. The van der Waals surface area contributed by atoms with Crippen molar-refractivity contribution in [1.82, 2.24) is 29.9 Å². The summed E-state index contributed by atoms with van der Waals surface area (Å²) in [5.74, 6) is 0.726. The summed E-state index contributed by atoms with van der Waals surface area (Å²) in [7, 11) is 0. The number of amides is 1. The molecule has 0 aliphatic carbocycles. The van der Waals surface area contributed by atoms with E-state index >= 15 is 0 Å².